The van der Waals surface area contributed by atoms with E-state index in [-0.39, 0.29) is 0 Å². The van der Waals surface area contributed by atoms with Crippen molar-refractivity contribution in [2.75, 3.05) is 0 Å². The average Bonchev–Trinajstić information content (AvgIpc) is 2.51. The molecule has 1 aliphatic carbocycles. The van der Waals surface area contributed by atoms with Crippen molar-refractivity contribution >= 4 is 0 Å². The number of hydrogen-bond donors (Lipinski definition) is 2. The van der Waals surface area contributed by atoms with Crippen LogP contribution >= 0.6 is 0 Å². The molecule has 9 heavy (non-hydrogen) atoms. The molecule has 0 radical (unpaired) electrons. The molecule has 1 saturated carbocycles. The van der Waals surface area contributed by atoms with E-state index in [1.807, 2.05) is 0 Å². The minimum absolute atomic E-state index is 0.347. The van der Waals surface area contributed by atoms with E-state index >= 15 is 0 Å². The zero-order chi connectivity index (χ0) is 6.85. The van der Waals surface area contributed by atoms with Gasteiger partial charge in [0, 0.05) is 6.04 Å². The van der Waals surface area contributed by atoms with Gasteiger partial charge in [0.2, 0.25) is 0 Å². The molecule has 1 aliphatic rings. The van der Waals surface area contributed by atoms with Crippen LogP contribution in [0.25, 0.3) is 0 Å². The fraction of sp³-hybridized carbons (Fsp3) is 1.00. The van der Waals surface area contributed by atoms with Crippen molar-refractivity contribution in [1.82, 2.24) is 5.48 Å². The van der Waals surface area contributed by atoms with E-state index in [9.17, 15) is 0 Å². The second-order valence-electron chi connectivity index (χ2n) is 3.02. The van der Waals surface area contributed by atoms with Crippen molar-refractivity contribution in [3.05, 3.63) is 0 Å². The molecule has 0 heterocycles. The van der Waals surface area contributed by atoms with Crippen LogP contribution in [-0.2, 0) is 0 Å². The van der Waals surface area contributed by atoms with Gasteiger partial charge in [-0.2, -0.15) is 0 Å². The Morgan fingerprint density at radius 2 is 2.33 bits per heavy atom. The fourth-order valence-corrected chi connectivity index (χ4v) is 1.40. The van der Waals surface area contributed by atoms with Gasteiger partial charge in [0.25, 0.3) is 0 Å². The smallest absolute Gasteiger partial charge is 0.0347 e. The molecule has 0 saturated heterocycles. The third kappa shape index (κ3) is 1.43. The maximum Gasteiger partial charge on any atom is 0.0347 e. The predicted octanol–water partition coefficient (Wildman–Crippen LogP) is 1.40. The van der Waals surface area contributed by atoms with E-state index in [1.165, 1.54) is 6.42 Å². The van der Waals surface area contributed by atoms with Crippen molar-refractivity contribution in [2.45, 2.75) is 32.7 Å². The van der Waals surface area contributed by atoms with Crippen LogP contribution in [0, 0.1) is 11.8 Å². The first kappa shape index (κ1) is 7.03. The Balaban J connectivity index is 2.23. The van der Waals surface area contributed by atoms with Gasteiger partial charge in [0.05, 0.1) is 0 Å². The summed E-state index contributed by atoms with van der Waals surface area (Å²) in [4.78, 5) is 0. The van der Waals surface area contributed by atoms with E-state index in [0.29, 0.717) is 6.04 Å². The maximum atomic E-state index is 8.60. The summed E-state index contributed by atoms with van der Waals surface area (Å²) < 4.78 is 0. The normalized spacial score (nSPS) is 36.3. The molecule has 54 valence electrons. The minimum atomic E-state index is 0.347. The molecule has 3 atom stereocenters. The summed E-state index contributed by atoms with van der Waals surface area (Å²) in [5, 5.41) is 8.60. The van der Waals surface area contributed by atoms with E-state index in [0.717, 1.165) is 18.3 Å². The summed E-state index contributed by atoms with van der Waals surface area (Å²) in [5.41, 5.74) is 2.34. The van der Waals surface area contributed by atoms with Gasteiger partial charge >= 0.3 is 0 Å². The topological polar surface area (TPSA) is 32.3 Å². The lowest BCUT2D eigenvalue weighted by Gasteiger charge is -2.10. The van der Waals surface area contributed by atoms with E-state index in [1.54, 1.807) is 0 Å². The minimum Gasteiger partial charge on any atom is -0.317 e. The Bertz CT molecular complexity index is 90.9. The Kier molecular flexibility index (Phi) is 2.09. The lowest BCUT2D eigenvalue weighted by molar-refractivity contribution is 0.111. The third-order valence-corrected chi connectivity index (χ3v) is 2.29. The Labute approximate surface area is 56.2 Å². The first-order chi connectivity index (χ1) is 4.29. The molecule has 3 unspecified atom stereocenters. The summed E-state index contributed by atoms with van der Waals surface area (Å²) in [6.45, 7) is 4.32. The average molecular weight is 129 g/mol. The molecule has 0 amide bonds. The SMILES string of the molecule is CCC(NO)C1CC1C. The molecular weight excluding hydrogens is 114 g/mol. The van der Waals surface area contributed by atoms with Crippen LogP contribution in [0.15, 0.2) is 0 Å². The highest BCUT2D eigenvalue weighted by Gasteiger charge is 2.38. The van der Waals surface area contributed by atoms with Gasteiger partial charge in [-0.15, -0.1) is 0 Å². The zero-order valence-electron chi connectivity index (χ0n) is 6.09. The van der Waals surface area contributed by atoms with Gasteiger partial charge in [0.15, 0.2) is 0 Å². The molecule has 0 aromatic carbocycles. The summed E-state index contributed by atoms with van der Waals surface area (Å²) in [6.07, 6.45) is 2.32. The summed E-state index contributed by atoms with van der Waals surface area (Å²) in [7, 11) is 0. The molecule has 0 aromatic heterocycles. The van der Waals surface area contributed by atoms with Gasteiger partial charge in [-0.1, -0.05) is 13.8 Å². The predicted molar refractivity (Wildman–Crippen MR) is 36.3 cm³/mol. The van der Waals surface area contributed by atoms with Crippen LogP contribution < -0.4 is 5.48 Å². The monoisotopic (exact) mass is 129 g/mol. The second-order valence-corrected chi connectivity index (χ2v) is 3.02. The summed E-state index contributed by atoms with van der Waals surface area (Å²) >= 11 is 0. The van der Waals surface area contributed by atoms with Crippen LogP contribution in [0.2, 0.25) is 0 Å². The Morgan fingerprint density at radius 3 is 2.44 bits per heavy atom. The summed E-state index contributed by atoms with van der Waals surface area (Å²) in [5.74, 6) is 1.56. The largest absolute Gasteiger partial charge is 0.317 e. The zero-order valence-corrected chi connectivity index (χ0v) is 6.09. The second kappa shape index (κ2) is 2.67. The Hall–Kier alpha value is -0.0800. The van der Waals surface area contributed by atoms with E-state index in [2.05, 4.69) is 19.3 Å². The van der Waals surface area contributed by atoms with Gasteiger partial charge < -0.3 is 5.21 Å². The van der Waals surface area contributed by atoms with Crippen LogP contribution in [0.1, 0.15) is 26.7 Å². The van der Waals surface area contributed by atoms with Gasteiger partial charge in [-0.25, -0.2) is 5.48 Å². The number of hydroxylamine groups is 1. The molecule has 2 N–H and O–H groups in total. The van der Waals surface area contributed by atoms with E-state index in [4.69, 9.17) is 5.21 Å². The van der Waals surface area contributed by atoms with Crippen molar-refractivity contribution in [3.63, 3.8) is 0 Å². The first-order valence-corrected chi connectivity index (χ1v) is 3.69. The number of hydrogen-bond acceptors (Lipinski definition) is 2. The van der Waals surface area contributed by atoms with Crippen molar-refractivity contribution in [2.24, 2.45) is 11.8 Å². The van der Waals surface area contributed by atoms with Gasteiger partial charge in [-0.3, -0.25) is 0 Å². The molecular formula is C7H15NO. The summed E-state index contributed by atoms with van der Waals surface area (Å²) in [6, 6.07) is 0.347. The maximum absolute atomic E-state index is 8.60. The van der Waals surface area contributed by atoms with Gasteiger partial charge in [-0.05, 0) is 24.7 Å². The van der Waals surface area contributed by atoms with Crippen LogP contribution in [0.4, 0.5) is 0 Å². The molecule has 2 heteroatoms. The highest BCUT2D eigenvalue weighted by molar-refractivity contribution is 4.90. The van der Waals surface area contributed by atoms with Crippen molar-refractivity contribution < 1.29 is 5.21 Å². The third-order valence-electron chi connectivity index (χ3n) is 2.29. The van der Waals surface area contributed by atoms with Crippen LogP contribution in [0.3, 0.4) is 0 Å². The lowest BCUT2D eigenvalue weighted by Crippen LogP contribution is -2.27. The highest BCUT2D eigenvalue weighted by atomic mass is 16.5. The molecule has 1 rings (SSSR count). The molecule has 0 aliphatic heterocycles. The van der Waals surface area contributed by atoms with Crippen molar-refractivity contribution in [1.29, 1.82) is 0 Å². The molecule has 0 aromatic rings. The van der Waals surface area contributed by atoms with Gasteiger partial charge in [0.1, 0.15) is 0 Å². The van der Waals surface area contributed by atoms with Crippen molar-refractivity contribution in [3.8, 4) is 0 Å². The fourth-order valence-electron chi connectivity index (χ4n) is 1.40. The molecule has 1 fully saturated rings. The lowest BCUT2D eigenvalue weighted by atomic mass is 10.1. The molecule has 2 nitrogen and oxygen atoms in total. The Morgan fingerprint density at radius 1 is 1.78 bits per heavy atom. The quantitative estimate of drug-likeness (QED) is 0.564. The van der Waals surface area contributed by atoms with E-state index < -0.39 is 0 Å². The molecule has 0 bridgehead atoms. The van der Waals surface area contributed by atoms with Crippen LogP contribution in [-0.4, -0.2) is 11.2 Å². The number of rotatable bonds is 3. The highest BCUT2D eigenvalue weighted by Crippen LogP contribution is 2.41. The van der Waals surface area contributed by atoms with Crippen LogP contribution in [0.5, 0.6) is 0 Å². The number of nitrogens with one attached hydrogen (secondary N) is 1. The first-order valence-electron chi connectivity index (χ1n) is 3.69. The molecule has 0 spiro atoms. The standard InChI is InChI=1S/C7H15NO/c1-3-7(8-9)6-4-5(6)2/h5-9H,3-4H2,1-2H3.